The minimum Gasteiger partial charge on any atom is -0.410 e. The highest BCUT2D eigenvalue weighted by Gasteiger charge is 2.24. The number of amides is 1. The van der Waals surface area contributed by atoms with E-state index in [1.54, 1.807) is 6.07 Å². The van der Waals surface area contributed by atoms with Gasteiger partial charge in [0, 0.05) is 12.1 Å². The molecule has 0 radical (unpaired) electrons. The number of nitrogens with one attached hydrogen (secondary N) is 1. The van der Waals surface area contributed by atoms with Gasteiger partial charge >= 0.3 is 6.09 Å². The van der Waals surface area contributed by atoms with Crippen molar-refractivity contribution in [3.05, 3.63) is 66.2 Å². The molecule has 1 amide bonds. The smallest absolute Gasteiger partial charge is 0.410 e. The third-order valence-electron chi connectivity index (χ3n) is 3.89. The van der Waals surface area contributed by atoms with Crippen LogP contribution in [0.2, 0.25) is 0 Å². The quantitative estimate of drug-likeness (QED) is 0.913. The van der Waals surface area contributed by atoms with Gasteiger partial charge in [-0.2, -0.15) is 0 Å². The molecule has 1 saturated carbocycles. The first-order valence-corrected chi connectivity index (χ1v) is 8.31. The second-order valence-electron chi connectivity index (χ2n) is 6.17. The lowest BCUT2D eigenvalue weighted by molar-refractivity contribution is 0.200. The molecule has 4 nitrogen and oxygen atoms in total. The van der Waals surface area contributed by atoms with Crippen LogP contribution in [0.3, 0.4) is 0 Å². The summed E-state index contributed by atoms with van der Waals surface area (Å²) in [6.45, 7) is 2.11. The SMILES string of the molecule is CC(c1cccc(OC(=O)NC2CC2)c1)N(C)C.c1ccccc1. The minimum atomic E-state index is -0.354. The molecule has 0 aliphatic heterocycles. The van der Waals surface area contributed by atoms with E-state index >= 15 is 0 Å². The summed E-state index contributed by atoms with van der Waals surface area (Å²) < 4.78 is 5.27. The highest BCUT2D eigenvalue weighted by Crippen LogP contribution is 2.23. The summed E-state index contributed by atoms with van der Waals surface area (Å²) >= 11 is 0. The molecule has 1 aliphatic carbocycles. The number of ether oxygens (including phenoxy) is 1. The maximum atomic E-state index is 11.5. The van der Waals surface area contributed by atoms with Crippen molar-refractivity contribution in [1.82, 2.24) is 10.2 Å². The normalized spacial score (nSPS) is 14.3. The maximum Gasteiger partial charge on any atom is 0.412 e. The van der Waals surface area contributed by atoms with Crippen molar-refractivity contribution in [2.45, 2.75) is 31.8 Å². The molecule has 1 N–H and O–H groups in total. The van der Waals surface area contributed by atoms with Gasteiger partial charge in [-0.1, -0.05) is 48.5 Å². The number of carbonyl (C=O) groups excluding carboxylic acids is 1. The predicted octanol–water partition coefficient (Wildman–Crippen LogP) is 4.25. The highest BCUT2D eigenvalue weighted by atomic mass is 16.6. The monoisotopic (exact) mass is 326 g/mol. The van der Waals surface area contributed by atoms with Crippen LogP contribution >= 0.6 is 0 Å². The molecule has 128 valence electrons. The van der Waals surface area contributed by atoms with Crippen LogP contribution in [0.25, 0.3) is 0 Å². The van der Waals surface area contributed by atoms with Gasteiger partial charge in [-0.25, -0.2) is 4.79 Å². The van der Waals surface area contributed by atoms with Crippen molar-refractivity contribution < 1.29 is 9.53 Å². The van der Waals surface area contributed by atoms with Crippen molar-refractivity contribution in [2.24, 2.45) is 0 Å². The minimum absolute atomic E-state index is 0.292. The first-order chi connectivity index (χ1) is 11.6. The standard InChI is InChI=1S/C14H20N2O2.C6H6/c1-10(16(2)3)11-5-4-6-13(9-11)18-14(17)15-12-7-8-12;1-2-4-6-5-3-1/h4-6,9-10,12H,7-8H2,1-3H3,(H,15,17);1-6H. The van der Waals surface area contributed by atoms with Gasteiger partial charge in [0.2, 0.25) is 0 Å². The lowest BCUT2D eigenvalue weighted by atomic mass is 10.1. The van der Waals surface area contributed by atoms with E-state index in [2.05, 4.69) is 17.1 Å². The van der Waals surface area contributed by atoms with Gasteiger partial charge in [0.1, 0.15) is 5.75 Å². The summed E-state index contributed by atoms with van der Waals surface area (Å²) in [4.78, 5) is 13.6. The lowest BCUT2D eigenvalue weighted by Crippen LogP contribution is -2.28. The Morgan fingerprint density at radius 2 is 1.67 bits per heavy atom. The molecule has 24 heavy (non-hydrogen) atoms. The first-order valence-electron chi connectivity index (χ1n) is 8.31. The van der Waals surface area contributed by atoms with Crippen molar-refractivity contribution in [2.75, 3.05) is 14.1 Å². The van der Waals surface area contributed by atoms with Gasteiger partial charge in [0.25, 0.3) is 0 Å². The molecule has 2 aromatic carbocycles. The number of benzene rings is 2. The summed E-state index contributed by atoms with van der Waals surface area (Å²) in [6, 6.07) is 20.3. The average Bonchev–Trinajstić information content (AvgIpc) is 3.40. The van der Waals surface area contributed by atoms with E-state index in [1.807, 2.05) is 68.7 Å². The molecular formula is C20H26N2O2. The Balaban J connectivity index is 0.000000292. The van der Waals surface area contributed by atoms with Crippen LogP contribution in [0.1, 0.15) is 31.4 Å². The van der Waals surface area contributed by atoms with E-state index in [4.69, 9.17) is 4.74 Å². The summed E-state index contributed by atoms with van der Waals surface area (Å²) in [6.07, 6.45) is 1.77. The summed E-state index contributed by atoms with van der Waals surface area (Å²) in [5, 5.41) is 2.80. The Labute approximate surface area is 144 Å². The van der Waals surface area contributed by atoms with E-state index in [1.165, 1.54) is 0 Å². The zero-order valence-corrected chi connectivity index (χ0v) is 14.6. The number of rotatable bonds is 4. The fraction of sp³-hybridized carbons (Fsp3) is 0.350. The fourth-order valence-corrected chi connectivity index (χ4v) is 2.05. The second kappa shape index (κ2) is 9.08. The van der Waals surface area contributed by atoms with Crippen LogP contribution in [-0.2, 0) is 0 Å². The molecule has 2 aromatic rings. The highest BCUT2D eigenvalue weighted by molar-refractivity contribution is 5.71. The topological polar surface area (TPSA) is 41.6 Å². The van der Waals surface area contributed by atoms with Crippen LogP contribution in [0.5, 0.6) is 5.75 Å². The number of nitrogens with zero attached hydrogens (tertiary/aromatic N) is 1. The maximum absolute atomic E-state index is 11.5. The van der Waals surface area contributed by atoms with Crippen molar-refractivity contribution >= 4 is 6.09 Å². The average molecular weight is 326 g/mol. The molecule has 1 aliphatic rings. The van der Waals surface area contributed by atoms with Gasteiger partial charge in [0.05, 0.1) is 0 Å². The van der Waals surface area contributed by atoms with E-state index in [0.717, 1.165) is 18.4 Å². The van der Waals surface area contributed by atoms with Crippen LogP contribution < -0.4 is 10.1 Å². The van der Waals surface area contributed by atoms with Gasteiger partial charge in [-0.05, 0) is 51.6 Å². The zero-order chi connectivity index (χ0) is 17.4. The Hall–Kier alpha value is -2.33. The second-order valence-corrected chi connectivity index (χ2v) is 6.17. The van der Waals surface area contributed by atoms with Crippen LogP contribution in [-0.4, -0.2) is 31.1 Å². The Kier molecular flexibility index (Phi) is 6.82. The zero-order valence-electron chi connectivity index (χ0n) is 14.6. The molecule has 0 bridgehead atoms. The molecule has 3 rings (SSSR count). The van der Waals surface area contributed by atoms with Crippen molar-refractivity contribution in [3.8, 4) is 5.75 Å². The van der Waals surface area contributed by atoms with Crippen molar-refractivity contribution in [3.63, 3.8) is 0 Å². The third kappa shape index (κ3) is 6.42. The lowest BCUT2D eigenvalue weighted by Gasteiger charge is -2.20. The van der Waals surface area contributed by atoms with Gasteiger partial charge in [-0.3, -0.25) is 0 Å². The largest absolute Gasteiger partial charge is 0.412 e. The predicted molar refractivity (Wildman–Crippen MR) is 97.2 cm³/mol. The molecule has 1 atom stereocenters. The Morgan fingerprint density at radius 1 is 1.08 bits per heavy atom. The molecule has 1 fully saturated rings. The van der Waals surface area contributed by atoms with Gasteiger partial charge in [-0.15, -0.1) is 0 Å². The molecule has 0 heterocycles. The third-order valence-corrected chi connectivity index (χ3v) is 3.89. The fourth-order valence-electron chi connectivity index (χ4n) is 2.05. The molecular weight excluding hydrogens is 300 g/mol. The van der Waals surface area contributed by atoms with Gasteiger partial charge in [0.15, 0.2) is 0 Å². The molecule has 0 aromatic heterocycles. The number of hydrogen-bond donors (Lipinski definition) is 1. The number of hydrogen-bond acceptors (Lipinski definition) is 3. The number of carbonyl (C=O) groups is 1. The first kappa shape index (κ1) is 18.0. The van der Waals surface area contributed by atoms with Crippen LogP contribution in [0.15, 0.2) is 60.7 Å². The Bertz CT molecular complexity index is 598. The van der Waals surface area contributed by atoms with Crippen LogP contribution in [0.4, 0.5) is 4.79 Å². The summed E-state index contributed by atoms with van der Waals surface area (Å²) in [5.41, 5.74) is 1.14. The van der Waals surface area contributed by atoms with E-state index < -0.39 is 0 Å². The molecule has 0 spiro atoms. The Morgan fingerprint density at radius 3 is 2.17 bits per heavy atom. The van der Waals surface area contributed by atoms with Crippen LogP contribution in [0, 0.1) is 0 Å². The van der Waals surface area contributed by atoms with E-state index in [-0.39, 0.29) is 6.09 Å². The van der Waals surface area contributed by atoms with Gasteiger partial charge < -0.3 is 15.0 Å². The summed E-state index contributed by atoms with van der Waals surface area (Å²) in [7, 11) is 4.05. The van der Waals surface area contributed by atoms with E-state index in [0.29, 0.717) is 17.8 Å². The van der Waals surface area contributed by atoms with E-state index in [9.17, 15) is 4.79 Å². The van der Waals surface area contributed by atoms with Crippen molar-refractivity contribution in [1.29, 1.82) is 0 Å². The molecule has 1 unspecified atom stereocenters. The molecule has 0 saturated heterocycles. The molecule has 4 heteroatoms. The summed E-state index contributed by atoms with van der Waals surface area (Å²) in [5.74, 6) is 0.597.